The first-order valence-electron chi connectivity index (χ1n) is 11.4. The predicted octanol–water partition coefficient (Wildman–Crippen LogP) is 7.24. The fourth-order valence-corrected chi connectivity index (χ4v) is 4.11. The molecule has 1 heterocycles. The second-order valence-electron chi connectivity index (χ2n) is 9.64. The number of carbonyl (C=O) groups excluding carboxylic acids is 1. The maximum atomic E-state index is 12.1. The first-order chi connectivity index (χ1) is 14.1. The zero-order valence-electron chi connectivity index (χ0n) is 19.8. The van der Waals surface area contributed by atoms with Crippen molar-refractivity contribution in [1.82, 2.24) is 0 Å². The topological polar surface area (TPSA) is 46.5 Å². The summed E-state index contributed by atoms with van der Waals surface area (Å²) in [7, 11) is 0. The van der Waals surface area contributed by atoms with Crippen molar-refractivity contribution in [3.05, 3.63) is 46.6 Å². The average Bonchev–Trinajstić information content (AvgIpc) is 2.66. The number of aromatic hydroxyl groups is 1. The highest BCUT2D eigenvalue weighted by atomic mass is 16.5. The molecule has 0 radical (unpaired) electrons. The van der Waals surface area contributed by atoms with Gasteiger partial charge in [-0.3, -0.25) is 4.79 Å². The average molecular weight is 413 g/mol. The Kier molecular flexibility index (Phi) is 8.76. The van der Waals surface area contributed by atoms with E-state index in [0.717, 1.165) is 61.8 Å². The minimum absolute atomic E-state index is 0.144. The summed E-state index contributed by atoms with van der Waals surface area (Å²) in [6, 6.07) is 3.61. The number of carbonyl (C=O) groups is 1. The molecule has 3 heteroatoms. The number of aryl methyl sites for hydroxylation is 2. The van der Waals surface area contributed by atoms with Gasteiger partial charge < -0.3 is 9.84 Å². The SMILES string of the molecule is CC(C)=CCC(=O)C(C)CCCC(C)=CCCC1(C)CCc2cc(O)cc(C)c2O1. The maximum Gasteiger partial charge on any atom is 0.139 e. The Bertz CT molecular complexity index is 799. The third-order valence-electron chi connectivity index (χ3n) is 6.24. The first kappa shape index (κ1) is 24.2. The van der Waals surface area contributed by atoms with Gasteiger partial charge in [0.2, 0.25) is 0 Å². The molecule has 166 valence electrons. The first-order valence-corrected chi connectivity index (χ1v) is 11.4. The van der Waals surface area contributed by atoms with Crippen molar-refractivity contribution < 1.29 is 14.6 Å². The second-order valence-corrected chi connectivity index (χ2v) is 9.64. The van der Waals surface area contributed by atoms with Crippen LogP contribution in [0.5, 0.6) is 11.5 Å². The van der Waals surface area contributed by atoms with Crippen LogP contribution in [0, 0.1) is 12.8 Å². The molecule has 2 unspecified atom stereocenters. The van der Waals surface area contributed by atoms with Crippen molar-refractivity contribution in [2.45, 2.75) is 98.5 Å². The maximum absolute atomic E-state index is 12.1. The zero-order valence-corrected chi connectivity index (χ0v) is 19.8. The van der Waals surface area contributed by atoms with Crippen molar-refractivity contribution in [2.75, 3.05) is 0 Å². The summed E-state index contributed by atoms with van der Waals surface area (Å²) in [4.78, 5) is 12.1. The summed E-state index contributed by atoms with van der Waals surface area (Å²) >= 11 is 0. The van der Waals surface area contributed by atoms with E-state index in [2.05, 4.69) is 26.8 Å². The number of phenolic OH excluding ortho intramolecular Hbond substituents is 1. The highest BCUT2D eigenvalue weighted by molar-refractivity contribution is 5.82. The Morgan fingerprint density at radius 2 is 2.00 bits per heavy atom. The van der Waals surface area contributed by atoms with E-state index in [9.17, 15) is 9.90 Å². The molecule has 0 bridgehead atoms. The van der Waals surface area contributed by atoms with Crippen molar-refractivity contribution >= 4 is 5.78 Å². The molecule has 0 aromatic heterocycles. The van der Waals surface area contributed by atoms with Crippen LogP contribution in [-0.2, 0) is 11.2 Å². The van der Waals surface area contributed by atoms with Crippen LogP contribution in [0.4, 0.5) is 0 Å². The molecule has 1 aromatic rings. The van der Waals surface area contributed by atoms with Crippen LogP contribution in [0.1, 0.15) is 90.7 Å². The van der Waals surface area contributed by atoms with Crippen LogP contribution < -0.4 is 4.74 Å². The smallest absolute Gasteiger partial charge is 0.139 e. The van der Waals surface area contributed by atoms with Gasteiger partial charge in [0.1, 0.15) is 22.9 Å². The molecule has 0 aliphatic carbocycles. The number of rotatable bonds is 10. The zero-order chi connectivity index (χ0) is 22.3. The lowest BCUT2D eigenvalue weighted by Gasteiger charge is -2.36. The Hall–Kier alpha value is -2.03. The summed E-state index contributed by atoms with van der Waals surface area (Å²) in [5, 5.41) is 9.80. The molecule has 1 aliphatic heterocycles. The van der Waals surface area contributed by atoms with Crippen molar-refractivity contribution in [3.63, 3.8) is 0 Å². The minimum atomic E-state index is -0.155. The van der Waals surface area contributed by atoms with E-state index in [1.54, 1.807) is 6.07 Å². The monoisotopic (exact) mass is 412 g/mol. The summed E-state index contributed by atoms with van der Waals surface area (Å²) in [5.41, 5.74) is 4.58. The van der Waals surface area contributed by atoms with E-state index in [1.165, 1.54) is 11.1 Å². The Morgan fingerprint density at radius 1 is 1.27 bits per heavy atom. The van der Waals surface area contributed by atoms with Gasteiger partial charge in [-0.25, -0.2) is 0 Å². The number of Topliss-reactive ketones (excluding diaryl/α,β-unsaturated/α-hetero) is 1. The lowest BCUT2D eigenvalue weighted by atomic mass is 9.87. The molecule has 2 atom stereocenters. The van der Waals surface area contributed by atoms with Crippen LogP contribution in [-0.4, -0.2) is 16.5 Å². The van der Waals surface area contributed by atoms with Gasteiger partial charge in [-0.05, 0) is 103 Å². The highest BCUT2D eigenvalue weighted by Crippen LogP contribution is 2.39. The molecule has 1 N–H and O–H groups in total. The van der Waals surface area contributed by atoms with Crippen LogP contribution >= 0.6 is 0 Å². The van der Waals surface area contributed by atoms with Gasteiger partial charge in [0.05, 0.1) is 0 Å². The molecule has 0 amide bonds. The molecule has 2 rings (SSSR count). The molecule has 30 heavy (non-hydrogen) atoms. The van der Waals surface area contributed by atoms with E-state index in [-0.39, 0.29) is 11.5 Å². The van der Waals surface area contributed by atoms with E-state index in [1.807, 2.05) is 32.9 Å². The summed E-state index contributed by atoms with van der Waals surface area (Å²) in [6.07, 6.45) is 11.9. The van der Waals surface area contributed by atoms with Gasteiger partial charge in [-0.15, -0.1) is 0 Å². The summed E-state index contributed by atoms with van der Waals surface area (Å²) in [6.45, 7) is 12.5. The van der Waals surface area contributed by atoms with Gasteiger partial charge in [0.25, 0.3) is 0 Å². The fraction of sp³-hybridized carbons (Fsp3) is 0.593. The third kappa shape index (κ3) is 7.34. The standard InChI is InChI=1S/C27H40O3/c1-19(2)12-13-25(29)21(4)11-7-9-20(3)10-8-15-27(6)16-14-23-18-24(28)17-22(5)26(23)30-27/h10,12,17-18,21,28H,7-9,11,13-16H2,1-6H3. The van der Waals surface area contributed by atoms with Crippen molar-refractivity contribution in [2.24, 2.45) is 5.92 Å². The van der Waals surface area contributed by atoms with E-state index < -0.39 is 0 Å². The molecule has 0 spiro atoms. The Labute approximate surface area is 183 Å². The van der Waals surface area contributed by atoms with Crippen LogP contribution in [0.15, 0.2) is 35.4 Å². The molecule has 1 aliphatic rings. The van der Waals surface area contributed by atoms with Crippen LogP contribution in [0.3, 0.4) is 0 Å². The normalized spacial score (nSPS) is 19.6. The van der Waals surface area contributed by atoms with Gasteiger partial charge >= 0.3 is 0 Å². The lowest BCUT2D eigenvalue weighted by Crippen LogP contribution is -2.36. The minimum Gasteiger partial charge on any atom is -0.508 e. The number of hydrogen-bond acceptors (Lipinski definition) is 3. The second kappa shape index (κ2) is 10.8. The molecule has 0 saturated carbocycles. The van der Waals surface area contributed by atoms with E-state index >= 15 is 0 Å². The lowest BCUT2D eigenvalue weighted by molar-refractivity contribution is -0.121. The number of allylic oxidation sites excluding steroid dienone is 4. The highest BCUT2D eigenvalue weighted by Gasteiger charge is 2.32. The number of benzene rings is 1. The molecule has 1 aromatic carbocycles. The molecule has 3 nitrogen and oxygen atoms in total. The van der Waals surface area contributed by atoms with Crippen molar-refractivity contribution in [3.8, 4) is 11.5 Å². The van der Waals surface area contributed by atoms with Crippen LogP contribution in [0.2, 0.25) is 0 Å². The summed E-state index contributed by atoms with van der Waals surface area (Å²) < 4.78 is 6.38. The quantitative estimate of drug-likeness (QED) is 0.412. The fourth-order valence-electron chi connectivity index (χ4n) is 4.11. The number of fused-ring (bicyclic) bond motifs is 1. The number of ketones is 1. The predicted molar refractivity (Wildman–Crippen MR) is 125 cm³/mol. The largest absolute Gasteiger partial charge is 0.508 e. The summed E-state index contributed by atoms with van der Waals surface area (Å²) in [5.74, 6) is 1.77. The van der Waals surface area contributed by atoms with E-state index in [4.69, 9.17) is 4.74 Å². The Balaban J connectivity index is 1.77. The number of phenols is 1. The van der Waals surface area contributed by atoms with Gasteiger partial charge in [0, 0.05) is 12.3 Å². The Morgan fingerprint density at radius 3 is 2.70 bits per heavy atom. The number of ether oxygens (including phenoxy) is 1. The van der Waals surface area contributed by atoms with Gasteiger partial charge in [0.15, 0.2) is 0 Å². The number of hydrogen-bond donors (Lipinski definition) is 1. The third-order valence-corrected chi connectivity index (χ3v) is 6.24. The molecule has 0 saturated heterocycles. The van der Waals surface area contributed by atoms with E-state index in [0.29, 0.717) is 18.0 Å². The van der Waals surface area contributed by atoms with Crippen molar-refractivity contribution in [1.29, 1.82) is 0 Å². The van der Waals surface area contributed by atoms with Gasteiger partial charge in [-0.2, -0.15) is 0 Å². The molecule has 0 fully saturated rings. The van der Waals surface area contributed by atoms with Crippen LogP contribution in [0.25, 0.3) is 0 Å². The molecular weight excluding hydrogens is 372 g/mol. The molecular formula is C27H40O3. The van der Waals surface area contributed by atoms with Gasteiger partial charge in [-0.1, -0.05) is 30.2 Å².